The van der Waals surface area contributed by atoms with Crippen molar-refractivity contribution in [1.29, 1.82) is 0 Å². The topological polar surface area (TPSA) is 47.0 Å². The lowest BCUT2D eigenvalue weighted by Gasteiger charge is -2.34. The van der Waals surface area contributed by atoms with Crippen molar-refractivity contribution in [3.05, 3.63) is 71.4 Å². The molecule has 1 heterocycles. The summed E-state index contributed by atoms with van der Waals surface area (Å²) < 4.78 is 23.3. The van der Waals surface area contributed by atoms with Gasteiger partial charge in [-0.15, -0.1) is 0 Å². The first-order valence-corrected chi connectivity index (χ1v) is 10.5. The number of sulfone groups is 1. The largest absolute Gasteiger partial charge is 0.244 e. The van der Waals surface area contributed by atoms with Crippen LogP contribution in [0.4, 0.5) is 0 Å². The second-order valence-corrected chi connectivity index (χ2v) is 9.19. The summed E-state index contributed by atoms with van der Waals surface area (Å²) >= 11 is 0. The van der Waals surface area contributed by atoms with E-state index in [1.54, 1.807) is 12.3 Å². The van der Waals surface area contributed by atoms with E-state index < -0.39 is 9.84 Å². The van der Waals surface area contributed by atoms with Crippen LogP contribution in [0, 0.1) is 12.3 Å². The van der Waals surface area contributed by atoms with E-state index >= 15 is 0 Å². The summed E-state index contributed by atoms with van der Waals surface area (Å²) in [4.78, 5) is 4.17. The molecule has 128 valence electrons. The van der Waals surface area contributed by atoms with Gasteiger partial charge in [-0.05, 0) is 48.6 Å². The maximum Gasteiger partial charge on any atom is 0.192 e. The quantitative estimate of drug-likeness (QED) is 0.821. The van der Waals surface area contributed by atoms with Crippen LogP contribution in [0.1, 0.15) is 36.0 Å². The number of nitrogens with zero attached hydrogens (tertiary/aromatic N) is 1. The van der Waals surface area contributed by atoms with Crippen LogP contribution in [0.25, 0.3) is 11.1 Å². The van der Waals surface area contributed by atoms with E-state index in [1.807, 2.05) is 6.07 Å². The summed E-state index contributed by atoms with van der Waals surface area (Å²) in [6.45, 7) is 2.09. The van der Waals surface area contributed by atoms with E-state index in [-0.39, 0.29) is 10.4 Å². The van der Waals surface area contributed by atoms with Gasteiger partial charge in [0.25, 0.3) is 0 Å². The van der Waals surface area contributed by atoms with Crippen molar-refractivity contribution in [2.45, 2.75) is 31.2 Å². The van der Waals surface area contributed by atoms with Crippen molar-refractivity contribution in [1.82, 2.24) is 4.98 Å². The van der Waals surface area contributed by atoms with Gasteiger partial charge in [0.2, 0.25) is 0 Å². The zero-order valence-corrected chi connectivity index (χ0v) is 15.3. The third-order valence-electron chi connectivity index (χ3n) is 5.23. The van der Waals surface area contributed by atoms with Crippen LogP contribution in [0.15, 0.2) is 59.8 Å². The Labute approximate surface area is 149 Å². The van der Waals surface area contributed by atoms with Gasteiger partial charge in [0, 0.05) is 23.4 Å². The van der Waals surface area contributed by atoms with E-state index in [9.17, 15) is 8.42 Å². The fourth-order valence-electron chi connectivity index (χ4n) is 3.62. The number of aryl methyl sites for hydroxylation is 1. The highest BCUT2D eigenvalue weighted by atomic mass is 32.2. The Morgan fingerprint density at radius 3 is 2.00 bits per heavy atom. The SMILES string of the molecule is Cc1ccc(C2=CC3(C=C2c2ccc(S(C)(=O)=O)nc2)CCC3)cc1. The van der Waals surface area contributed by atoms with Gasteiger partial charge in [-0.2, -0.15) is 0 Å². The summed E-state index contributed by atoms with van der Waals surface area (Å²) in [6.07, 6.45) is 11.2. The molecule has 2 aromatic rings. The van der Waals surface area contributed by atoms with Crippen molar-refractivity contribution in [3.8, 4) is 0 Å². The molecule has 0 atom stereocenters. The average molecular weight is 351 g/mol. The van der Waals surface area contributed by atoms with E-state index in [0.29, 0.717) is 0 Å². The zero-order chi connectivity index (χ0) is 17.7. The standard InChI is InChI=1S/C21H21NO2S/c1-15-4-6-16(7-5-15)18-12-21(10-3-11-21)13-19(18)17-8-9-20(22-14-17)25(2,23)24/h4-9,12-14H,3,10-11H2,1-2H3. The first-order valence-electron chi connectivity index (χ1n) is 8.56. The summed E-state index contributed by atoms with van der Waals surface area (Å²) in [5.74, 6) is 0. The molecule has 0 bridgehead atoms. The van der Waals surface area contributed by atoms with Crippen molar-refractivity contribution < 1.29 is 8.42 Å². The van der Waals surface area contributed by atoms with Crippen LogP contribution in [0.5, 0.6) is 0 Å². The lowest BCUT2D eigenvalue weighted by Crippen LogP contribution is -2.22. The summed E-state index contributed by atoms with van der Waals surface area (Å²) in [5, 5.41) is 0.120. The van der Waals surface area contributed by atoms with Crippen LogP contribution >= 0.6 is 0 Å². The molecule has 1 aromatic carbocycles. The molecule has 25 heavy (non-hydrogen) atoms. The van der Waals surface area contributed by atoms with Crippen LogP contribution < -0.4 is 0 Å². The Kier molecular flexibility index (Phi) is 3.69. The first-order chi connectivity index (χ1) is 11.9. The van der Waals surface area contributed by atoms with Crippen LogP contribution in [0.3, 0.4) is 0 Å². The molecule has 0 N–H and O–H groups in total. The molecule has 1 saturated carbocycles. The van der Waals surface area contributed by atoms with Gasteiger partial charge in [0.05, 0.1) is 0 Å². The van der Waals surface area contributed by atoms with Gasteiger partial charge in [-0.1, -0.05) is 48.4 Å². The van der Waals surface area contributed by atoms with E-state index in [4.69, 9.17) is 0 Å². The molecular formula is C21H21NO2S. The Bertz CT molecular complexity index is 977. The second kappa shape index (κ2) is 5.67. The molecule has 2 aliphatic rings. The first kappa shape index (κ1) is 16.3. The molecule has 4 rings (SSSR count). The van der Waals surface area contributed by atoms with Gasteiger partial charge in [-0.25, -0.2) is 13.4 Å². The third kappa shape index (κ3) is 2.95. The van der Waals surface area contributed by atoms with E-state index in [0.717, 1.165) is 11.1 Å². The molecule has 0 radical (unpaired) electrons. The highest BCUT2D eigenvalue weighted by Crippen LogP contribution is 2.53. The summed E-state index contributed by atoms with van der Waals surface area (Å²) in [7, 11) is -3.28. The Morgan fingerprint density at radius 2 is 1.52 bits per heavy atom. The minimum Gasteiger partial charge on any atom is -0.244 e. The number of hydrogen-bond acceptors (Lipinski definition) is 3. The third-order valence-corrected chi connectivity index (χ3v) is 6.23. The summed E-state index contributed by atoms with van der Waals surface area (Å²) in [6, 6.07) is 12.0. The lowest BCUT2D eigenvalue weighted by atomic mass is 9.70. The number of hydrogen-bond donors (Lipinski definition) is 0. The monoisotopic (exact) mass is 351 g/mol. The molecule has 1 aromatic heterocycles. The van der Waals surface area contributed by atoms with Gasteiger partial charge in [-0.3, -0.25) is 0 Å². The van der Waals surface area contributed by atoms with Crippen molar-refractivity contribution in [3.63, 3.8) is 0 Å². The minimum absolute atomic E-state index is 0.120. The second-order valence-electron chi connectivity index (χ2n) is 7.23. The highest BCUT2D eigenvalue weighted by molar-refractivity contribution is 7.90. The number of pyridine rings is 1. The van der Waals surface area contributed by atoms with Gasteiger partial charge < -0.3 is 0 Å². The molecule has 0 saturated heterocycles. The van der Waals surface area contributed by atoms with Crippen molar-refractivity contribution in [2.75, 3.05) is 6.26 Å². The van der Waals surface area contributed by atoms with Gasteiger partial charge in [0.15, 0.2) is 14.9 Å². The number of benzene rings is 1. The zero-order valence-electron chi connectivity index (χ0n) is 14.5. The maximum absolute atomic E-state index is 11.7. The van der Waals surface area contributed by atoms with Gasteiger partial charge >= 0.3 is 0 Å². The number of aromatic nitrogens is 1. The number of allylic oxidation sites excluding steroid dienone is 4. The Morgan fingerprint density at radius 1 is 0.920 bits per heavy atom. The molecule has 3 nitrogen and oxygen atoms in total. The predicted molar refractivity (Wildman–Crippen MR) is 101 cm³/mol. The average Bonchev–Trinajstić information content (AvgIpc) is 2.96. The number of rotatable bonds is 3. The molecule has 2 aliphatic carbocycles. The molecule has 0 amide bonds. The fourth-order valence-corrected chi connectivity index (χ4v) is 4.17. The lowest BCUT2D eigenvalue weighted by molar-refractivity contribution is 0.282. The molecular weight excluding hydrogens is 330 g/mol. The molecule has 1 spiro atoms. The predicted octanol–water partition coefficient (Wildman–Crippen LogP) is 4.44. The Hall–Kier alpha value is -2.20. The van der Waals surface area contributed by atoms with Crippen LogP contribution in [-0.2, 0) is 9.84 Å². The van der Waals surface area contributed by atoms with Crippen molar-refractivity contribution >= 4 is 21.0 Å². The van der Waals surface area contributed by atoms with Crippen LogP contribution in [-0.4, -0.2) is 19.7 Å². The molecule has 4 heteroatoms. The maximum atomic E-state index is 11.7. The van der Waals surface area contributed by atoms with Crippen LogP contribution in [0.2, 0.25) is 0 Å². The minimum atomic E-state index is -3.28. The Balaban J connectivity index is 1.77. The fraction of sp³-hybridized carbons (Fsp3) is 0.286. The van der Waals surface area contributed by atoms with E-state index in [2.05, 4.69) is 48.3 Å². The van der Waals surface area contributed by atoms with Crippen molar-refractivity contribution in [2.24, 2.45) is 5.41 Å². The van der Waals surface area contributed by atoms with E-state index in [1.165, 1.54) is 42.2 Å². The molecule has 0 unspecified atom stereocenters. The normalized spacial score (nSPS) is 18.6. The highest BCUT2D eigenvalue weighted by Gasteiger charge is 2.38. The van der Waals surface area contributed by atoms with Gasteiger partial charge in [0.1, 0.15) is 0 Å². The molecule has 0 aliphatic heterocycles. The summed E-state index contributed by atoms with van der Waals surface area (Å²) in [5.41, 5.74) is 5.98. The smallest absolute Gasteiger partial charge is 0.192 e. The molecule has 1 fully saturated rings.